The summed E-state index contributed by atoms with van der Waals surface area (Å²) < 4.78 is 2.06. The van der Waals surface area contributed by atoms with Crippen LogP contribution in [0.1, 0.15) is 0 Å². The highest BCUT2D eigenvalue weighted by Gasteiger charge is 2.13. The van der Waals surface area contributed by atoms with Gasteiger partial charge in [-0.15, -0.1) is 17.9 Å². The van der Waals surface area contributed by atoms with Crippen LogP contribution < -0.4 is 5.32 Å². The number of benzene rings is 1. The molecule has 0 aliphatic rings. The van der Waals surface area contributed by atoms with E-state index in [0.29, 0.717) is 11.7 Å². The van der Waals surface area contributed by atoms with E-state index in [-0.39, 0.29) is 11.7 Å². The molecule has 0 aliphatic carbocycles. The first kappa shape index (κ1) is 16.5. The molecule has 1 amide bonds. The topological polar surface area (TPSA) is 59.8 Å². The summed E-state index contributed by atoms with van der Waals surface area (Å²) in [6, 6.07) is 10.1. The summed E-state index contributed by atoms with van der Waals surface area (Å²) in [7, 11) is 0. The first-order valence-electron chi connectivity index (χ1n) is 7.32. The van der Waals surface area contributed by atoms with Crippen molar-refractivity contribution in [2.45, 2.75) is 11.7 Å². The predicted octanol–water partition coefficient (Wildman–Crippen LogP) is 3.92. The van der Waals surface area contributed by atoms with Crippen molar-refractivity contribution in [3.05, 3.63) is 60.8 Å². The number of nitrogens with one attached hydrogen (secondary N) is 1. The Kier molecular flexibility index (Phi) is 5.45. The second-order valence-corrected chi connectivity index (χ2v) is 6.70. The van der Waals surface area contributed by atoms with Gasteiger partial charge in [0, 0.05) is 18.1 Å². The molecule has 0 aliphatic heterocycles. The van der Waals surface area contributed by atoms with Crippen molar-refractivity contribution >= 4 is 34.1 Å². The van der Waals surface area contributed by atoms with E-state index >= 15 is 0 Å². The van der Waals surface area contributed by atoms with Gasteiger partial charge < -0.3 is 9.88 Å². The largest absolute Gasteiger partial charge is 0.315 e. The number of rotatable bonds is 7. The normalized spacial score (nSPS) is 10.5. The lowest BCUT2D eigenvalue weighted by Crippen LogP contribution is -2.14. The number of nitrogens with zero attached hydrogens (tertiary/aromatic N) is 3. The number of thioether (sulfide) groups is 1. The average molecular weight is 356 g/mol. The van der Waals surface area contributed by atoms with Crippen molar-refractivity contribution in [3.63, 3.8) is 0 Å². The van der Waals surface area contributed by atoms with Crippen molar-refractivity contribution in [1.82, 2.24) is 14.5 Å². The Balaban J connectivity index is 1.72. The van der Waals surface area contributed by atoms with Gasteiger partial charge in [-0.3, -0.25) is 4.79 Å². The van der Waals surface area contributed by atoms with Crippen LogP contribution >= 0.6 is 23.1 Å². The number of carbonyl (C=O) groups is 1. The van der Waals surface area contributed by atoms with Crippen LogP contribution in [0.4, 0.5) is 5.13 Å². The average Bonchev–Trinajstić information content (AvgIpc) is 3.24. The zero-order valence-corrected chi connectivity index (χ0v) is 14.5. The SMILES string of the molecule is C=CCn1c(-c2ccccc2)cnc1SCC(=O)Nc1nccs1. The summed E-state index contributed by atoms with van der Waals surface area (Å²) in [4.78, 5) is 20.5. The maximum atomic E-state index is 12.0. The Morgan fingerprint density at radius 3 is 2.88 bits per heavy atom. The monoisotopic (exact) mass is 356 g/mol. The highest BCUT2D eigenvalue weighted by Crippen LogP contribution is 2.26. The second-order valence-electron chi connectivity index (χ2n) is 4.87. The summed E-state index contributed by atoms with van der Waals surface area (Å²) >= 11 is 2.80. The third-order valence-corrected chi connectivity index (χ3v) is 4.89. The number of allylic oxidation sites excluding steroid dienone is 1. The number of anilines is 1. The second kappa shape index (κ2) is 7.94. The lowest BCUT2D eigenvalue weighted by atomic mass is 10.2. The number of hydrogen-bond donors (Lipinski definition) is 1. The molecule has 0 radical (unpaired) electrons. The molecular weight excluding hydrogens is 340 g/mol. The Hall–Kier alpha value is -2.38. The van der Waals surface area contributed by atoms with Crippen molar-refractivity contribution in [2.24, 2.45) is 0 Å². The minimum Gasteiger partial charge on any atom is -0.315 e. The number of thiazole rings is 1. The van der Waals surface area contributed by atoms with E-state index in [4.69, 9.17) is 0 Å². The standard InChI is InChI=1S/C17H16N4OS2/c1-2-9-21-14(13-6-4-3-5-7-13)11-19-17(21)24-12-15(22)20-16-18-8-10-23-16/h2-8,10-11H,1,9,12H2,(H,18,20,22). The van der Waals surface area contributed by atoms with Gasteiger partial charge in [0.2, 0.25) is 5.91 Å². The molecule has 24 heavy (non-hydrogen) atoms. The van der Waals surface area contributed by atoms with Crippen molar-refractivity contribution in [3.8, 4) is 11.3 Å². The van der Waals surface area contributed by atoms with Crippen LogP contribution in [-0.4, -0.2) is 26.2 Å². The molecule has 3 aromatic rings. The Morgan fingerprint density at radius 2 is 2.17 bits per heavy atom. The molecule has 2 heterocycles. The van der Waals surface area contributed by atoms with E-state index in [0.717, 1.165) is 16.4 Å². The smallest absolute Gasteiger partial charge is 0.236 e. The van der Waals surface area contributed by atoms with E-state index in [1.165, 1.54) is 23.1 Å². The zero-order valence-electron chi connectivity index (χ0n) is 12.9. The van der Waals surface area contributed by atoms with Gasteiger partial charge in [0.05, 0.1) is 17.6 Å². The van der Waals surface area contributed by atoms with Crippen LogP contribution in [-0.2, 0) is 11.3 Å². The molecule has 122 valence electrons. The van der Waals surface area contributed by atoms with Gasteiger partial charge in [0.1, 0.15) is 0 Å². The van der Waals surface area contributed by atoms with Crippen LogP contribution in [0, 0.1) is 0 Å². The van der Waals surface area contributed by atoms with Gasteiger partial charge in [-0.2, -0.15) is 0 Å². The molecule has 2 aromatic heterocycles. The summed E-state index contributed by atoms with van der Waals surface area (Å²) in [6.45, 7) is 4.45. The molecule has 0 unspecified atom stereocenters. The van der Waals surface area contributed by atoms with Crippen LogP contribution in [0.5, 0.6) is 0 Å². The highest BCUT2D eigenvalue weighted by molar-refractivity contribution is 7.99. The molecule has 1 aromatic carbocycles. The fraction of sp³-hybridized carbons (Fsp3) is 0.118. The first-order valence-corrected chi connectivity index (χ1v) is 9.18. The van der Waals surface area contributed by atoms with Crippen LogP contribution in [0.25, 0.3) is 11.3 Å². The van der Waals surface area contributed by atoms with Gasteiger partial charge in [-0.25, -0.2) is 9.97 Å². The summed E-state index contributed by atoms with van der Waals surface area (Å²) in [5.41, 5.74) is 2.10. The molecule has 0 bridgehead atoms. The van der Waals surface area contributed by atoms with Crippen molar-refractivity contribution in [2.75, 3.05) is 11.1 Å². The fourth-order valence-electron chi connectivity index (χ4n) is 2.19. The van der Waals surface area contributed by atoms with Gasteiger partial charge in [-0.05, 0) is 5.56 Å². The zero-order chi connectivity index (χ0) is 16.8. The van der Waals surface area contributed by atoms with E-state index in [1.54, 1.807) is 6.20 Å². The van der Waals surface area contributed by atoms with Gasteiger partial charge >= 0.3 is 0 Å². The Morgan fingerprint density at radius 1 is 1.33 bits per heavy atom. The molecule has 0 saturated heterocycles. The molecule has 0 atom stereocenters. The quantitative estimate of drug-likeness (QED) is 0.515. The molecule has 5 nitrogen and oxygen atoms in total. The Bertz CT molecular complexity index is 813. The third-order valence-electron chi connectivity index (χ3n) is 3.21. The molecule has 0 fully saturated rings. The highest BCUT2D eigenvalue weighted by atomic mass is 32.2. The number of amides is 1. The van der Waals surface area contributed by atoms with Crippen molar-refractivity contribution in [1.29, 1.82) is 0 Å². The molecule has 1 N–H and O–H groups in total. The van der Waals surface area contributed by atoms with Crippen LogP contribution in [0.15, 0.2) is 65.9 Å². The van der Waals surface area contributed by atoms with E-state index in [1.807, 2.05) is 48.0 Å². The van der Waals surface area contributed by atoms with Gasteiger partial charge in [0.15, 0.2) is 10.3 Å². The maximum absolute atomic E-state index is 12.0. The van der Waals surface area contributed by atoms with E-state index < -0.39 is 0 Å². The van der Waals surface area contributed by atoms with Gasteiger partial charge in [0.25, 0.3) is 0 Å². The molecule has 7 heteroatoms. The summed E-state index contributed by atoms with van der Waals surface area (Å²) in [6.07, 6.45) is 5.32. The number of carbonyl (C=O) groups excluding carboxylic acids is 1. The minimum atomic E-state index is -0.0932. The lowest BCUT2D eigenvalue weighted by Gasteiger charge is -2.09. The summed E-state index contributed by atoms with van der Waals surface area (Å²) in [5.74, 6) is 0.187. The summed E-state index contributed by atoms with van der Waals surface area (Å²) in [5, 5.41) is 6.00. The number of aromatic nitrogens is 3. The lowest BCUT2D eigenvalue weighted by molar-refractivity contribution is -0.113. The first-order chi connectivity index (χ1) is 11.8. The molecule has 3 rings (SSSR count). The predicted molar refractivity (Wildman–Crippen MR) is 99.3 cm³/mol. The van der Waals surface area contributed by atoms with E-state index in [9.17, 15) is 4.79 Å². The minimum absolute atomic E-state index is 0.0932. The van der Waals surface area contributed by atoms with E-state index in [2.05, 4.69) is 26.4 Å². The Labute approximate surface area is 148 Å². The molecular formula is C17H16N4OS2. The van der Waals surface area contributed by atoms with Crippen LogP contribution in [0.2, 0.25) is 0 Å². The van der Waals surface area contributed by atoms with Crippen molar-refractivity contribution < 1.29 is 4.79 Å². The van der Waals surface area contributed by atoms with Crippen LogP contribution in [0.3, 0.4) is 0 Å². The number of hydrogen-bond acceptors (Lipinski definition) is 5. The third kappa shape index (κ3) is 3.93. The molecule has 0 spiro atoms. The molecule has 0 saturated carbocycles. The maximum Gasteiger partial charge on any atom is 0.236 e. The fourth-order valence-corrected chi connectivity index (χ4v) is 3.52. The van der Waals surface area contributed by atoms with Gasteiger partial charge in [-0.1, -0.05) is 48.2 Å². The number of imidazole rings is 1.